The van der Waals surface area contributed by atoms with Crippen molar-refractivity contribution in [2.24, 2.45) is 0 Å². The predicted molar refractivity (Wildman–Crippen MR) is 68.3 cm³/mol. The van der Waals surface area contributed by atoms with Gasteiger partial charge in [0.05, 0.1) is 0 Å². The summed E-state index contributed by atoms with van der Waals surface area (Å²) in [5.74, 6) is 0. The third-order valence-electron chi connectivity index (χ3n) is 3.64. The van der Waals surface area contributed by atoms with E-state index in [0.717, 1.165) is 24.0 Å². The molecule has 0 aromatic carbocycles. The van der Waals surface area contributed by atoms with E-state index in [-0.39, 0.29) is 0 Å². The number of aliphatic hydroxyl groups excluding tert-OH is 1. The van der Waals surface area contributed by atoms with Crippen LogP contribution < -0.4 is 0 Å². The molecule has 0 radical (unpaired) electrons. The maximum absolute atomic E-state index is 10.7. The van der Waals surface area contributed by atoms with Gasteiger partial charge in [0.25, 0.3) is 0 Å². The Kier molecular flexibility index (Phi) is 4.32. The van der Waals surface area contributed by atoms with E-state index in [1.165, 1.54) is 0 Å². The van der Waals surface area contributed by atoms with Crippen molar-refractivity contribution in [2.45, 2.75) is 38.4 Å². The Morgan fingerprint density at radius 3 is 2.83 bits per heavy atom. The first-order valence-electron chi connectivity index (χ1n) is 6.50. The molecule has 1 aliphatic rings. The van der Waals surface area contributed by atoms with E-state index in [9.17, 15) is 5.11 Å². The first-order chi connectivity index (χ1) is 8.69. The van der Waals surface area contributed by atoms with Gasteiger partial charge in [0.2, 0.25) is 0 Å². The predicted octanol–water partition coefficient (Wildman–Crippen LogP) is 2.01. The molecule has 18 heavy (non-hydrogen) atoms. The smallest absolute Gasteiger partial charge is 0.110 e. The molecule has 1 unspecified atom stereocenters. The Morgan fingerprint density at radius 2 is 2.22 bits per heavy atom. The van der Waals surface area contributed by atoms with Crippen LogP contribution >= 0.6 is 0 Å². The summed E-state index contributed by atoms with van der Waals surface area (Å²) in [5.41, 5.74) is 1.37. The molecule has 0 bridgehead atoms. The minimum atomic E-state index is -0.643. The normalized spacial score (nSPS) is 20.6. The number of nitrogens with zero attached hydrogens (tertiary/aromatic N) is 1. The van der Waals surface area contributed by atoms with Gasteiger partial charge >= 0.3 is 0 Å². The Bertz CT molecular complexity index is 383. The number of hydrogen-bond donors (Lipinski definition) is 1. The number of aromatic nitrogens is 1. The average molecular weight is 251 g/mol. The third kappa shape index (κ3) is 2.55. The van der Waals surface area contributed by atoms with Crippen LogP contribution in [0.4, 0.5) is 0 Å². The Labute approximate surface area is 108 Å². The zero-order valence-electron chi connectivity index (χ0n) is 11.1. The number of pyridine rings is 1. The molecule has 0 aliphatic carbocycles. The van der Waals surface area contributed by atoms with E-state index in [1.807, 2.05) is 19.9 Å². The highest BCUT2D eigenvalue weighted by Gasteiger charge is 2.41. The molecule has 0 amide bonds. The van der Waals surface area contributed by atoms with Gasteiger partial charge in [0.1, 0.15) is 11.7 Å². The van der Waals surface area contributed by atoms with Crippen LogP contribution in [0.2, 0.25) is 0 Å². The topological polar surface area (TPSA) is 51.6 Å². The molecule has 4 nitrogen and oxygen atoms in total. The summed E-state index contributed by atoms with van der Waals surface area (Å²) in [6, 6.07) is 1.91. The number of hydrogen-bond acceptors (Lipinski definition) is 4. The lowest BCUT2D eigenvalue weighted by molar-refractivity contribution is -0.168. The molecular weight excluding hydrogens is 230 g/mol. The van der Waals surface area contributed by atoms with Crippen LogP contribution in [0.3, 0.4) is 0 Å². The van der Waals surface area contributed by atoms with E-state index < -0.39 is 11.7 Å². The van der Waals surface area contributed by atoms with Crippen LogP contribution in [0.15, 0.2) is 18.5 Å². The van der Waals surface area contributed by atoms with Gasteiger partial charge in [-0.15, -0.1) is 0 Å². The van der Waals surface area contributed by atoms with Crippen LogP contribution in [0, 0.1) is 6.92 Å². The van der Waals surface area contributed by atoms with E-state index in [0.29, 0.717) is 19.8 Å². The fraction of sp³-hybridized carbons (Fsp3) is 0.643. The second kappa shape index (κ2) is 5.78. The minimum absolute atomic E-state index is 0.527. The highest BCUT2D eigenvalue weighted by molar-refractivity contribution is 5.26. The van der Waals surface area contributed by atoms with Crippen LogP contribution in [0.1, 0.15) is 37.0 Å². The average Bonchev–Trinajstić information content (AvgIpc) is 2.40. The fourth-order valence-electron chi connectivity index (χ4n) is 2.55. The molecule has 0 spiro atoms. The molecule has 2 heterocycles. The summed E-state index contributed by atoms with van der Waals surface area (Å²) in [6.45, 7) is 5.81. The SMILES string of the molecule is CCOC1(C(O)c2cnccc2C)CCOCC1. The van der Waals surface area contributed by atoms with E-state index in [1.54, 1.807) is 12.4 Å². The highest BCUT2D eigenvalue weighted by atomic mass is 16.5. The van der Waals surface area contributed by atoms with Gasteiger partial charge in [-0.1, -0.05) is 0 Å². The number of ether oxygens (including phenoxy) is 2. The summed E-state index contributed by atoms with van der Waals surface area (Å²) < 4.78 is 11.3. The van der Waals surface area contributed by atoms with Gasteiger partial charge in [-0.3, -0.25) is 4.98 Å². The standard InChI is InChI=1S/C14H21NO3/c1-3-18-14(5-8-17-9-6-14)13(16)12-10-15-7-4-11(12)2/h4,7,10,13,16H,3,5-6,8-9H2,1-2H3. The third-order valence-corrected chi connectivity index (χ3v) is 3.64. The maximum Gasteiger partial charge on any atom is 0.110 e. The summed E-state index contributed by atoms with van der Waals surface area (Å²) in [5, 5.41) is 10.7. The van der Waals surface area contributed by atoms with Crippen LogP contribution in [-0.2, 0) is 9.47 Å². The molecular formula is C14H21NO3. The number of aryl methyl sites for hydroxylation is 1. The molecule has 1 atom stereocenters. The van der Waals surface area contributed by atoms with E-state index >= 15 is 0 Å². The van der Waals surface area contributed by atoms with Gasteiger partial charge in [-0.05, 0) is 25.5 Å². The van der Waals surface area contributed by atoms with Crippen molar-refractivity contribution in [3.05, 3.63) is 29.6 Å². The van der Waals surface area contributed by atoms with Gasteiger partial charge in [-0.2, -0.15) is 0 Å². The van der Waals surface area contributed by atoms with Crippen molar-refractivity contribution in [2.75, 3.05) is 19.8 Å². The molecule has 100 valence electrons. The molecule has 2 rings (SSSR count). The zero-order valence-corrected chi connectivity index (χ0v) is 11.1. The van der Waals surface area contributed by atoms with Gasteiger partial charge < -0.3 is 14.6 Å². The quantitative estimate of drug-likeness (QED) is 0.889. The van der Waals surface area contributed by atoms with Crippen molar-refractivity contribution in [3.63, 3.8) is 0 Å². The first-order valence-corrected chi connectivity index (χ1v) is 6.50. The van der Waals surface area contributed by atoms with E-state index in [4.69, 9.17) is 9.47 Å². The molecule has 1 N–H and O–H groups in total. The van der Waals surface area contributed by atoms with Gasteiger partial charge in [0.15, 0.2) is 0 Å². The Morgan fingerprint density at radius 1 is 1.50 bits per heavy atom. The van der Waals surface area contributed by atoms with Crippen molar-refractivity contribution in [3.8, 4) is 0 Å². The van der Waals surface area contributed by atoms with Gasteiger partial charge in [-0.25, -0.2) is 0 Å². The lowest BCUT2D eigenvalue weighted by Crippen LogP contribution is -2.45. The lowest BCUT2D eigenvalue weighted by atomic mass is 9.83. The molecule has 1 fully saturated rings. The van der Waals surface area contributed by atoms with Crippen LogP contribution in [0.25, 0.3) is 0 Å². The van der Waals surface area contributed by atoms with Crippen molar-refractivity contribution in [1.82, 2.24) is 4.98 Å². The number of rotatable bonds is 4. The Balaban J connectivity index is 2.28. The highest BCUT2D eigenvalue weighted by Crippen LogP contribution is 2.38. The Hall–Kier alpha value is -0.970. The second-order valence-electron chi connectivity index (χ2n) is 4.74. The molecule has 0 saturated carbocycles. The van der Waals surface area contributed by atoms with Crippen LogP contribution in [0.5, 0.6) is 0 Å². The van der Waals surface area contributed by atoms with Crippen molar-refractivity contribution >= 4 is 0 Å². The molecule has 1 aliphatic heterocycles. The second-order valence-corrected chi connectivity index (χ2v) is 4.74. The summed E-state index contributed by atoms with van der Waals surface area (Å²) in [6.07, 6.45) is 4.27. The van der Waals surface area contributed by atoms with Gasteiger partial charge in [0, 0.05) is 50.6 Å². The van der Waals surface area contributed by atoms with Crippen molar-refractivity contribution in [1.29, 1.82) is 0 Å². The van der Waals surface area contributed by atoms with Crippen LogP contribution in [-0.4, -0.2) is 35.5 Å². The lowest BCUT2D eigenvalue weighted by Gasteiger charge is -2.41. The first kappa shape index (κ1) is 13.5. The monoisotopic (exact) mass is 251 g/mol. The van der Waals surface area contributed by atoms with Crippen molar-refractivity contribution < 1.29 is 14.6 Å². The molecule has 1 saturated heterocycles. The molecule has 1 aromatic heterocycles. The zero-order chi connectivity index (χ0) is 13.0. The maximum atomic E-state index is 10.7. The summed E-state index contributed by atoms with van der Waals surface area (Å²) in [7, 11) is 0. The largest absolute Gasteiger partial charge is 0.385 e. The summed E-state index contributed by atoms with van der Waals surface area (Å²) >= 11 is 0. The number of aliphatic hydroxyl groups is 1. The minimum Gasteiger partial charge on any atom is -0.385 e. The molecule has 1 aromatic rings. The van der Waals surface area contributed by atoms with E-state index in [2.05, 4.69) is 4.98 Å². The molecule has 4 heteroatoms. The summed E-state index contributed by atoms with van der Waals surface area (Å²) in [4.78, 5) is 4.11. The fourth-order valence-corrected chi connectivity index (χ4v) is 2.55.